The first-order chi connectivity index (χ1) is 13.6. The van der Waals surface area contributed by atoms with Crippen molar-refractivity contribution in [3.05, 3.63) is 76.8 Å². The lowest BCUT2D eigenvalue weighted by Crippen LogP contribution is -2.23. The van der Waals surface area contributed by atoms with Gasteiger partial charge in [-0.05, 0) is 55.1 Å². The second kappa shape index (κ2) is 9.32. The lowest BCUT2D eigenvalue weighted by atomic mass is 10.1. The number of aromatic nitrogens is 2. The van der Waals surface area contributed by atoms with Crippen molar-refractivity contribution in [1.29, 1.82) is 0 Å². The Morgan fingerprint density at radius 2 is 1.86 bits per heavy atom. The van der Waals surface area contributed by atoms with Crippen LogP contribution in [0.25, 0.3) is 11.3 Å². The number of thioether (sulfide) groups is 1. The van der Waals surface area contributed by atoms with Gasteiger partial charge in [0.25, 0.3) is 5.56 Å². The van der Waals surface area contributed by atoms with Gasteiger partial charge in [0.15, 0.2) is 0 Å². The molecule has 1 amide bonds. The zero-order chi connectivity index (χ0) is 19.9. The fraction of sp³-hybridized carbons (Fsp3) is 0.190. The second-order valence-corrected chi connectivity index (χ2v) is 6.99. The van der Waals surface area contributed by atoms with Gasteiger partial charge in [-0.25, -0.2) is 9.07 Å². The Morgan fingerprint density at radius 1 is 1.11 bits per heavy atom. The number of nitrogens with one attached hydrogen (secondary N) is 1. The first-order valence-electron chi connectivity index (χ1n) is 8.84. The number of anilines is 1. The van der Waals surface area contributed by atoms with Crippen molar-refractivity contribution in [1.82, 2.24) is 9.78 Å². The molecular weight excluding hydrogens is 377 g/mol. The molecule has 0 bridgehead atoms. The molecule has 7 heteroatoms. The summed E-state index contributed by atoms with van der Waals surface area (Å²) in [6, 6.07) is 16.6. The Kier molecular flexibility index (Phi) is 6.60. The molecule has 0 aliphatic rings. The third kappa shape index (κ3) is 5.07. The summed E-state index contributed by atoms with van der Waals surface area (Å²) in [5.41, 5.74) is 1.85. The van der Waals surface area contributed by atoms with E-state index in [0.29, 0.717) is 18.7 Å². The lowest BCUT2D eigenvalue weighted by Gasteiger charge is -2.10. The van der Waals surface area contributed by atoms with E-state index in [9.17, 15) is 14.0 Å². The molecular formula is C21H20FN3O2S. The molecule has 0 unspecified atom stereocenters. The molecule has 0 aliphatic carbocycles. The van der Waals surface area contributed by atoms with E-state index < -0.39 is 0 Å². The maximum Gasteiger partial charge on any atom is 0.266 e. The quantitative estimate of drug-likeness (QED) is 0.607. The number of aryl methyl sites for hydroxylation is 1. The summed E-state index contributed by atoms with van der Waals surface area (Å²) < 4.78 is 14.4. The van der Waals surface area contributed by atoms with Crippen LogP contribution in [0.2, 0.25) is 0 Å². The van der Waals surface area contributed by atoms with Gasteiger partial charge in [-0.15, -0.1) is 11.8 Å². The number of rotatable bonds is 7. The molecule has 1 N–H and O–H groups in total. The highest BCUT2D eigenvalue weighted by molar-refractivity contribution is 7.98. The van der Waals surface area contributed by atoms with Crippen LogP contribution in [0, 0.1) is 5.82 Å². The Morgan fingerprint density at radius 3 is 2.61 bits per heavy atom. The Balaban J connectivity index is 1.61. The molecule has 1 heterocycles. The van der Waals surface area contributed by atoms with Gasteiger partial charge in [0.2, 0.25) is 5.91 Å². The van der Waals surface area contributed by atoms with Crippen LogP contribution in [-0.4, -0.2) is 21.9 Å². The molecule has 5 nitrogen and oxygen atoms in total. The van der Waals surface area contributed by atoms with Crippen LogP contribution in [0.4, 0.5) is 10.1 Å². The van der Waals surface area contributed by atoms with E-state index in [2.05, 4.69) is 10.4 Å². The van der Waals surface area contributed by atoms with Crippen molar-refractivity contribution in [3.63, 3.8) is 0 Å². The van der Waals surface area contributed by atoms with E-state index in [4.69, 9.17) is 0 Å². The van der Waals surface area contributed by atoms with Crippen LogP contribution in [0.3, 0.4) is 0 Å². The van der Waals surface area contributed by atoms with Gasteiger partial charge in [0.05, 0.1) is 11.4 Å². The highest BCUT2D eigenvalue weighted by Gasteiger charge is 2.08. The number of para-hydroxylation sites is 1. The fourth-order valence-electron chi connectivity index (χ4n) is 2.73. The molecule has 0 atom stereocenters. The highest BCUT2D eigenvalue weighted by atomic mass is 32.2. The van der Waals surface area contributed by atoms with Gasteiger partial charge in [-0.2, -0.15) is 5.10 Å². The molecule has 0 fully saturated rings. The summed E-state index contributed by atoms with van der Waals surface area (Å²) in [6.07, 6.45) is 2.71. The van der Waals surface area contributed by atoms with E-state index in [-0.39, 0.29) is 23.7 Å². The largest absolute Gasteiger partial charge is 0.325 e. The Labute approximate surface area is 166 Å². The number of halogens is 1. The van der Waals surface area contributed by atoms with Crippen molar-refractivity contribution in [2.24, 2.45) is 0 Å². The van der Waals surface area contributed by atoms with Crippen LogP contribution >= 0.6 is 11.8 Å². The molecule has 144 valence electrons. The molecule has 0 saturated carbocycles. The first-order valence-corrected chi connectivity index (χ1v) is 10.1. The number of benzene rings is 2. The van der Waals surface area contributed by atoms with Gasteiger partial charge in [0.1, 0.15) is 5.82 Å². The number of amides is 1. The third-order valence-electron chi connectivity index (χ3n) is 4.16. The molecule has 0 spiro atoms. The Hall–Kier alpha value is -2.93. The predicted octanol–water partition coefficient (Wildman–Crippen LogP) is 4.19. The summed E-state index contributed by atoms with van der Waals surface area (Å²) in [5.74, 6) is -0.435. The summed E-state index contributed by atoms with van der Waals surface area (Å²) in [7, 11) is 0. The van der Waals surface area contributed by atoms with Crippen molar-refractivity contribution < 1.29 is 9.18 Å². The Bertz CT molecular complexity index is 1020. The van der Waals surface area contributed by atoms with E-state index in [0.717, 1.165) is 16.1 Å². The second-order valence-electron chi connectivity index (χ2n) is 6.14. The van der Waals surface area contributed by atoms with Crippen molar-refractivity contribution in [2.45, 2.75) is 24.3 Å². The number of carbonyl (C=O) groups is 1. The van der Waals surface area contributed by atoms with Crippen LogP contribution in [0.1, 0.15) is 12.8 Å². The molecule has 3 aromatic rings. The highest BCUT2D eigenvalue weighted by Crippen LogP contribution is 2.24. The van der Waals surface area contributed by atoms with E-state index in [1.807, 2.05) is 30.5 Å². The normalized spacial score (nSPS) is 10.6. The zero-order valence-corrected chi connectivity index (χ0v) is 16.2. The lowest BCUT2D eigenvalue weighted by molar-refractivity contribution is -0.116. The van der Waals surface area contributed by atoms with Crippen molar-refractivity contribution in [3.8, 4) is 11.3 Å². The number of hydrogen-bond donors (Lipinski definition) is 1. The van der Waals surface area contributed by atoms with Gasteiger partial charge >= 0.3 is 0 Å². The van der Waals surface area contributed by atoms with Crippen molar-refractivity contribution in [2.75, 3.05) is 11.6 Å². The van der Waals surface area contributed by atoms with Crippen LogP contribution in [-0.2, 0) is 11.3 Å². The molecule has 28 heavy (non-hydrogen) atoms. The summed E-state index contributed by atoms with van der Waals surface area (Å²) in [4.78, 5) is 25.3. The number of carbonyl (C=O) groups excluding carboxylic acids is 1. The minimum Gasteiger partial charge on any atom is -0.325 e. The van der Waals surface area contributed by atoms with Crippen LogP contribution in [0.15, 0.2) is 70.4 Å². The molecule has 2 aromatic carbocycles. The molecule has 3 rings (SSSR count). The van der Waals surface area contributed by atoms with Gasteiger partial charge < -0.3 is 5.32 Å². The van der Waals surface area contributed by atoms with Gasteiger partial charge in [-0.3, -0.25) is 9.59 Å². The van der Waals surface area contributed by atoms with Gasteiger partial charge in [0, 0.05) is 29.5 Å². The van der Waals surface area contributed by atoms with Gasteiger partial charge in [-0.1, -0.05) is 12.1 Å². The van der Waals surface area contributed by atoms with E-state index in [1.54, 1.807) is 30.0 Å². The van der Waals surface area contributed by atoms with E-state index in [1.165, 1.54) is 22.9 Å². The first kappa shape index (κ1) is 19.8. The minimum atomic E-state index is -0.328. The van der Waals surface area contributed by atoms with Crippen LogP contribution in [0.5, 0.6) is 0 Å². The van der Waals surface area contributed by atoms with Crippen molar-refractivity contribution >= 4 is 23.4 Å². The molecule has 1 aromatic heterocycles. The average molecular weight is 397 g/mol. The predicted molar refractivity (Wildman–Crippen MR) is 110 cm³/mol. The average Bonchev–Trinajstić information content (AvgIpc) is 2.70. The third-order valence-corrected chi connectivity index (χ3v) is 4.96. The fourth-order valence-corrected chi connectivity index (χ4v) is 3.29. The SMILES string of the molecule is CSc1ccccc1NC(=O)CCCn1nc(-c2ccc(F)cc2)ccc1=O. The smallest absolute Gasteiger partial charge is 0.266 e. The maximum atomic E-state index is 13.1. The standard InChI is InChI=1S/C21H20FN3O2S/c1-28-19-6-3-2-5-18(19)23-20(26)7-4-14-25-21(27)13-12-17(24-25)15-8-10-16(22)11-9-15/h2-3,5-6,8-13H,4,7,14H2,1H3,(H,23,26). The molecule has 0 aliphatic heterocycles. The van der Waals surface area contributed by atoms with Crippen LogP contribution < -0.4 is 10.9 Å². The van der Waals surface area contributed by atoms with E-state index >= 15 is 0 Å². The zero-order valence-electron chi connectivity index (χ0n) is 15.4. The topological polar surface area (TPSA) is 64.0 Å². The maximum absolute atomic E-state index is 13.1. The molecule has 0 saturated heterocycles. The summed E-state index contributed by atoms with van der Waals surface area (Å²) in [5, 5.41) is 7.23. The number of hydrogen-bond acceptors (Lipinski definition) is 4. The monoisotopic (exact) mass is 397 g/mol. The summed E-state index contributed by atoms with van der Waals surface area (Å²) >= 11 is 1.57. The summed E-state index contributed by atoms with van der Waals surface area (Å²) in [6.45, 7) is 0.325. The number of nitrogens with zero attached hydrogens (tertiary/aromatic N) is 2. The molecule has 0 radical (unpaired) electrons. The minimum absolute atomic E-state index is 0.107.